The average Bonchev–Trinajstić information content (AvgIpc) is 2.73. The van der Waals surface area contributed by atoms with E-state index in [1.165, 1.54) is 23.5 Å². The first-order valence-corrected chi connectivity index (χ1v) is 8.93. The second-order valence-electron chi connectivity index (χ2n) is 4.08. The van der Waals surface area contributed by atoms with Gasteiger partial charge in [-0.2, -0.15) is 4.31 Å². The Hall–Kier alpha value is -0.600. The fourth-order valence-corrected chi connectivity index (χ4v) is 5.34. The van der Waals surface area contributed by atoms with Crippen LogP contribution in [0, 0.1) is 0 Å². The lowest BCUT2D eigenvalue weighted by molar-refractivity contribution is 0.436. The zero-order chi connectivity index (χ0) is 14.9. The van der Waals surface area contributed by atoms with Crippen LogP contribution in [0.15, 0.2) is 38.3 Å². The molecule has 1 aromatic heterocycles. The van der Waals surface area contributed by atoms with Crippen molar-refractivity contribution >= 4 is 48.9 Å². The summed E-state index contributed by atoms with van der Waals surface area (Å²) in [6.45, 7) is 0.0855. The van der Waals surface area contributed by atoms with Crippen LogP contribution in [0.25, 0.3) is 0 Å². The van der Waals surface area contributed by atoms with Crippen molar-refractivity contribution in [1.82, 2.24) is 4.31 Å². The fourth-order valence-electron chi connectivity index (χ4n) is 1.58. The molecule has 0 saturated carbocycles. The minimum absolute atomic E-state index is 0.0694. The first-order valence-electron chi connectivity index (χ1n) is 5.50. The van der Waals surface area contributed by atoms with Gasteiger partial charge in [0.25, 0.3) is 10.0 Å². The number of sulfonamides is 1. The zero-order valence-corrected chi connectivity index (χ0v) is 14.4. The number of para-hydroxylation sites is 1. The number of phenols is 1. The molecule has 2 rings (SSSR count). The molecule has 0 aliphatic carbocycles. The van der Waals surface area contributed by atoms with Crippen molar-refractivity contribution in [3.8, 4) is 5.75 Å². The third-order valence-electron chi connectivity index (χ3n) is 2.67. The standard InChI is InChI=1S/C12H11BrClNO3S2/c1-15(7-8-4-2-3-5-10(8)16)20(17,18)11-6-9(14)12(13)19-11/h2-6,16H,7H2,1H3. The van der Waals surface area contributed by atoms with Crippen molar-refractivity contribution in [2.75, 3.05) is 7.05 Å². The van der Waals surface area contributed by atoms with Crippen molar-refractivity contribution in [2.45, 2.75) is 10.8 Å². The third kappa shape index (κ3) is 3.17. The number of hydrogen-bond donors (Lipinski definition) is 1. The molecule has 0 saturated heterocycles. The Bertz CT molecular complexity index is 711. The number of nitrogens with zero attached hydrogens (tertiary/aromatic N) is 1. The minimum atomic E-state index is -3.63. The summed E-state index contributed by atoms with van der Waals surface area (Å²) < 4.78 is 26.7. The summed E-state index contributed by atoms with van der Waals surface area (Å²) in [6.07, 6.45) is 0. The molecule has 1 heterocycles. The number of benzene rings is 1. The van der Waals surface area contributed by atoms with Gasteiger partial charge in [0.05, 0.1) is 8.81 Å². The zero-order valence-electron chi connectivity index (χ0n) is 10.4. The Morgan fingerprint density at radius 1 is 1.40 bits per heavy atom. The van der Waals surface area contributed by atoms with Crippen molar-refractivity contribution < 1.29 is 13.5 Å². The summed E-state index contributed by atoms with van der Waals surface area (Å²) in [5, 5.41) is 10.1. The molecule has 0 atom stereocenters. The second-order valence-corrected chi connectivity index (χ2v) is 9.13. The first kappa shape index (κ1) is 15.8. The van der Waals surface area contributed by atoms with Gasteiger partial charge in [-0.05, 0) is 28.1 Å². The Morgan fingerprint density at radius 3 is 2.60 bits per heavy atom. The van der Waals surface area contributed by atoms with Gasteiger partial charge in [-0.1, -0.05) is 29.8 Å². The average molecular weight is 397 g/mol. The van der Waals surface area contributed by atoms with Crippen LogP contribution in [0.3, 0.4) is 0 Å². The van der Waals surface area contributed by atoms with Gasteiger partial charge in [0.15, 0.2) is 0 Å². The lowest BCUT2D eigenvalue weighted by Gasteiger charge is -2.16. The highest BCUT2D eigenvalue weighted by Crippen LogP contribution is 2.36. The van der Waals surface area contributed by atoms with Gasteiger partial charge < -0.3 is 5.11 Å². The molecule has 0 fully saturated rings. The molecule has 0 aliphatic rings. The van der Waals surface area contributed by atoms with Crippen LogP contribution in [0.2, 0.25) is 5.02 Å². The maximum atomic E-state index is 12.4. The van der Waals surface area contributed by atoms with Crippen molar-refractivity contribution in [2.24, 2.45) is 0 Å². The molecule has 20 heavy (non-hydrogen) atoms. The number of hydrogen-bond acceptors (Lipinski definition) is 4. The molecule has 4 nitrogen and oxygen atoms in total. The smallest absolute Gasteiger partial charge is 0.252 e. The van der Waals surface area contributed by atoms with Gasteiger partial charge in [-0.25, -0.2) is 8.42 Å². The highest BCUT2D eigenvalue weighted by molar-refractivity contribution is 9.11. The summed E-state index contributed by atoms with van der Waals surface area (Å²) in [4.78, 5) is 0. The monoisotopic (exact) mass is 395 g/mol. The van der Waals surface area contributed by atoms with E-state index in [0.29, 0.717) is 14.4 Å². The molecule has 1 N–H and O–H groups in total. The molecule has 108 valence electrons. The van der Waals surface area contributed by atoms with Crippen molar-refractivity contribution in [1.29, 1.82) is 0 Å². The first-order chi connectivity index (χ1) is 9.32. The number of aromatic hydroxyl groups is 1. The molecule has 0 aliphatic heterocycles. The van der Waals surface area contributed by atoms with E-state index in [0.717, 1.165) is 11.3 Å². The largest absolute Gasteiger partial charge is 0.508 e. The molecule has 0 spiro atoms. The Balaban J connectivity index is 2.28. The van der Waals surface area contributed by atoms with E-state index >= 15 is 0 Å². The van der Waals surface area contributed by atoms with Crippen LogP contribution < -0.4 is 0 Å². The van der Waals surface area contributed by atoms with E-state index in [9.17, 15) is 13.5 Å². The van der Waals surface area contributed by atoms with E-state index in [1.807, 2.05) is 0 Å². The summed E-state index contributed by atoms with van der Waals surface area (Å²) in [6, 6.07) is 8.04. The molecule has 0 radical (unpaired) electrons. The Labute approximate surface area is 134 Å². The molecule has 1 aromatic carbocycles. The molecule has 2 aromatic rings. The topological polar surface area (TPSA) is 57.6 Å². The second kappa shape index (κ2) is 6.03. The van der Waals surface area contributed by atoms with Crippen LogP contribution >= 0.6 is 38.9 Å². The number of rotatable bonds is 4. The van der Waals surface area contributed by atoms with E-state index in [1.54, 1.807) is 18.2 Å². The number of halogens is 2. The maximum Gasteiger partial charge on any atom is 0.252 e. The van der Waals surface area contributed by atoms with Crippen LogP contribution in [0.5, 0.6) is 5.75 Å². The summed E-state index contributed by atoms with van der Waals surface area (Å²) in [7, 11) is -2.17. The van der Waals surface area contributed by atoms with E-state index < -0.39 is 10.0 Å². The molecule has 8 heteroatoms. The van der Waals surface area contributed by atoms with Gasteiger partial charge in [-0.3, -0.25) is 0 Å². The van der Waals surface area contributed by atoms with Crippen molar-refractivity contribution in [3.05, 3.63) is 44.7 Å². The third-order valence-corrected chi connectivity index (χ3v) is 7.40. The molecule has 0 bridgehead atoms. The van der Waals surface area contributed by atoms with Crippen LogP contribution in [-0.4, -0.2) is 24.9 Å². The van der Waals surface area contributed by atoms with E-state index in [2.05, 4.69) is 15.9 Å². The fraction of sp³-hybridized carbons (Fsp3) is 0.167. The minimum Gasteiger partial charge on any atom is -0.508 e. The maximum absolute atomic E-state index is 12.4. The lowest BCUT2D eigenvalue weighted by atomic mass is 10.2. The SMILES string of the molecule is CN(Cc1ccccc1O)S(=O)(=O)c1cc(Cl)c(Br)s1. The van der Waals surface area contributed by atoms with Crippen LogP contribution in [0.1, 0.15) is 5.56 Å². The van der Waals surface area contributed by atoms with Gasteiger partial charge in [0.1, 0.15) is 9.96 Å². The quantitative estimate of drug-likeness (QED) is 0.857. The van der Waals surface area contributed by atoms with Gasteiger partial charge >= 0.3 is 0 Å². The predicted octanol–water partition coefficient (Wildman–Crippen LogP) is 3.69. The van der Waals surface area contributed by atoms with E-state index in [4.69, 9.17) is 11.6 Å². The van der Waals surface area contributed by atoms with Gasteiger partial charge in [-0.15, -0.1) is 11.3 Å². The molecule has 0 unspecified atom stereocenters. The van der Waals surface area contributed by atoms with Gasteiger partial charge in [0.2, 0.25) is 0 Å². The van der Waals surface area contributed by atoms with Crippen LogP contribution in [0.4, 0.5) is 0 Å². The Kier molecular flexibility index (Phi) is 4.76. The highest BCUT2D eigenvalue weighted by atomic mass is 79.9. The highest BCUT2D eigenvalue weighted by Gasteiger charge is 2.24. The lowest BCUT2D eigenvalue weighted by Crippen LogP contribution is -2.25. The molecular formula is C12H11BrClNO3S2. The normalized spacial score (nSPS) is 12.0. The summed E-state index contributed by atoms with van der Waals surface area (Å²) in [5.41, 5.74) is 0.542. The van der Waals surface area contributed by atoms with Gasteiger partial charge in [0, 0.05) is 19.2 Å². The number of thiophene rings is 1. The number of phenolic OH excluding ortho intramolecular Hbond substituents is 1. The Morgan fingerprint density at radius 2 is 2.05 bits per heavy atom. The van der Waals surface area contributed by atoms with Crippen LogP contribution in [-0.2, 0) is 16.6 Å². The molecule has 0 amide bonds. The predicted molar refractivity (Wildman–Crippen MR) is 83.8 cm³/mol. The van der Waals surface area contributed by atoms with E-state index in [-0.39, 0.29) is 16.5 Å². The molecular weight excluding hydrogens is 386 g/mol. The summed E-state index contributed by atoms with van der Waals surface area (Å²) >= 11 is 10.1. The van der Waals surface area contributed by atoms with Crippen molar-refractivity contribution in [3.63, 3.8) is 0 Å². The summed E-state index contributed by atoms with van der Waals surface area (Å²) in [5.74, 6) is 0.0694.